The van der Waals surface area contributed by atoms with Gasteiger partial charge < -0.3 is 18.6 Å². The van der Waals surface area contributed by atoms with Crippen molar-refractivity contribution in [2.75, 3.05) is 13.1 Å². The molecule has 1 fully saturated rings. The van der Waals surface area contributed by atoms with Crippen molar-refractivity contribution < 1.29 is 13.9 Å². The number of ether oxygens (including phenoxy) is 1. The van der Waals surface area contributed by atoms with Crippen molar-refractivity contribution in [1.29, 1.82) is 0 Å². The van der Waals surface area contributed by atoms with Gasteiger partial charge in [-0.05, 0) is 69.2 Å². The third-order valence-electron chi connectivity index (χ3n) is 7.78. The van der Waals surface area contributed by atoms with Crippen molar-refractivity contribution in [3.8, 4) is 5.75 Å². The van der Waals surface area contributed by atoms with E-state index in [0.717, 1.165) is 53.5 Å². The maximum absolute atomic E-state index is 13.4. The van der Waals surface area contributed by atoms with Crippen LogP contribution < -0.4 is 15.9 Å². The third kappa shape index (κ3) is 3.29. The molecule has 3 atom stereocenters. The number of piperidine rings is 1. The molecule has 1 unspecified atom stereocenters. The zero-order chi connectivity index (χ0) is 23.6. The van der Waals surface area contributed by atoms with Crippen molar-refractivity contribution in [2.24, 2.45) is 5.92 Å². The molecule has 3 aromatic rings. The highest BCUT2D eigenvalue weighted by Crippen LogP contribution is 2.36. The lowest BCUT2D eigenvalue weighted by Crippen LogP contribution is -2.52. The molecule has 2 bridgehead atoms. The van der Waals surface area contributed by atoms with Crippen LogP contribution in [0, 0.1) is 12.8 Å². The number of nitrogens with zero attached hydrogens (tertiary/aromatic N) is 2. The summed E-state index contributed by atoms with van der Waals surface area (Å²) in [5, 5.41) is 0.966. The molecule has 6 rings (SSSR count). The van der Waals surface area contributed by atoms with Gasteiger partial charge in [0, 0.05) is 53.8 Å². The van der Waals surface area contributed by atoms with Gasteiger partial charge in [0.25, 0.3) is 11.5 Å². The molecule has 1 aliphatic carbocycles. The minimum absolute atomic E-state index is 0.0350. The molecule has 1 amide bonds. The van der Waals surface area contributed by atoms with Crippen molar-refractivity contribution >= 4 is 16.9 Å². The van der Waals surface area contributed by atoms with Crippen LogP contribution in [0.25, 0.3) is 11.0 Å². The van der Waals surface area contributed by atoms with Gasteiger partial charge in [-0.3, -0.25) is 9.59 Å². The Balaban J connectivity index is 1.24. The average Bonchev–Trinajstić information content (AvgIpc) is 3.32. The van der Waals surface area contributed by atoms with E-state index < -0.39 is 6.10 Å². The Kier molecular flexibility index (Phi) is 4.90. The Morgan fingerprint density at radius 1 is 1.09 bits per heavy atom. The van der Waals surface area contributed by atoms with E-state index in [1.54, 1.807) is 19.1 Å². The topological polar surface area (TPSA) is 81.8 Å². The van der Waals surface area contributed by atoms with Crippen LogP contribution in [-0.2, 0) is 24.2 Å². The molecule has 0 saturated carbocycles. The van der Waals surface area contributed by atoms with Crippen LogP contribution in [0.15, 0.2) is 44.3 Å². The van der Waals surface area contributed by atoms with E-state index in [2.05, 4.69) is 0 Å². The molecular formula is C27H28N2O5. The predicted molar refractivity (Wildman–Crippen MR) is 127 cm³/mol. The van der Waals surface area contributed by atoms with Crippen molar-refractivity contribution in [1.82, 2.24) is 9.47 Å². The molecule has 3 aliphatic rings. The second kappa shape index (κ2) is 7.86. The first-order valence-electron chi connectivity index (χ1n) is 12.1. The largest absolute Gasteiger partial charge is 0.480 e. The van der Waals surface area contributed by atoms with Gasteiger partial charge in [0.2, 0.25) is 0 Å². The number of amides is 1. The summed E-state index contributed by atoms with van der Waals surface area (Å²) in [6, 6.07) is 9.23. The Morgan fingerprint density at radius 3 is 2.76 bits per heavy atom. The number of pyridine rings is 1. The molecule has 7 heteroatoms. The van der Waals surface area contributed by atoms with Crippen LogP contribution in [0.1, 0.15) is 48.1 Å². The highest BCUT2D eigenvalue weighted by atomic mass is 16.5. The van der Waals surface area contributed by atoms with E-state index in [0.29, 0.717) is 31.0 Å². The van der Waals surface area contributed by atoms with Gasteiger partial charge in [-0.2, -0.15) is 0 Å². The molecule has 2 aliphatic heterocycles. The zero-order valence-electron chi connectivity index (χ0n) is 19.5. The number of benzene rings is 1. The van der Waals surface area contributed by atoms with Crippen molar-refractivity contribution in [3.05, 3.63) is 73.5 Å². The van der Waals surface area contributed by atoms with E-state index in [-0.39, 0.29) is 28.9 Å². The quantitative estimate of drug-likeness (QED) is 0.561. The van der Waals surface area contributed by atoms with Gasteiger partial charge in [-0.1, -0.05) is 6.07 Å². The smallest absolute Gasteiger partial charge is 0.339 e. The minimum Gasteiger partial charge on any atom is -0.480 e. The number of aryl methyl sites for hydroxylation is 2. The molecule has 2 aromatic heterocycles. The predicted octanol–water partition coefficient (Wildman–Crippen LogP) is 3.17. The fourth-order valence-electron chi connectivity index (χ4n) is 6.17. The first-order valence-corrected chi connectivity index (χ1v) is 12.1. The van der Waals surface area contributed by atoms with Gasteiger partial charge in [0.1, 0.15) is 11.3 Å². The van der Waals surface area contributed by atoms with Gasteiger partial charge in [-0.25, -0.2) is 4.79 Å². The lowest BCUT2D eigenvalue weighted by molar-refractivity contribution is -0.140. The Labute approximate surface area is 196 Å². The molecule has 1 saturated heterocycles. The fourth-order valence-corrected chi connectivity index (χ4v) is 6.17. The van der Waals surface area contributed by atoms with Crippen LogP contribution >= 0.6 is 0 Å². The first kappa shape index (κ1) is 21.2. The SMILES string of the molecule is Cc1c(OC(C)C(=O)N2C[C@H]3C[C@H](C2)c2cccc(=O)n2C3)ccc2c3c(c(=O)oc12)CCC3. The summed E-state index contributed by atoms with van der Waals surface area (Å²) in [4.78, 5) is 39.9. The summed E-state index contributed by atoms with van der Waals surface area (Å²) in [7, 11) is 0. The highest BCUT2D eigenvalue weighted by Gasteiger charge is 2.37. The fraction of sp³-hybridized carbons (Fsp3) is 0.444. The molecule has 1 aromatic carbocycles. The lowest BCUT2D eigenvalue weighted by Gasteiger charge is -2.43. The van der Waals surface area contributed by atoms with Gasteiger partial charge in [-0.15, -0.1) is 0 Å². The van der Waals surface area contributed by atoms with Crippen LogP contribution in [0.3, 0.4) is 0 Å². The van der Waals surface area contributed by atoms with Crippen LogP contribution in [0.4, 0.5) is 0 Å². The molecule has 34 heavy (non-hydrogen) atoms. The average molecular weight is 461 g/mol. The van der Waals surface area contributed by atoms with Crippen LogP contribution in [-0.4, -0.2) is 34.6 Å². The van der Waals surface area contributed by atoms with Gasteiger partial charge >= 0.3 is 5.63 Å². The number of rotatable bonds is 3. The molecule has 0 N–H and O–H groups in total. The Hall–Kier alpha value is -3.35. The number of carbonyl (C=O) groups is 1. The first-order chi connectivity index (χ1) is 16.4. The summed E-state index contributed by atoms with van der Waals surface area (Å²) in [6.07, 6.45) is 2.95. The second-order valence-electron chi connectivity index (χ2n) is 9.97. The van der Waals surface area contributed by atoms with Gasteiger partial charge in [0.15, 0.2) is 6.10 Å². The number of fused-ring (bicyclic) bond motifs is 7. The second-order valence-corrected chi connectivity index (χ2v) is 9.97. The molecule has 0 radical (unpaired) electrons. The van der Waals surface area contributed by atoms with Gasteiger partial charge in [0.05, 0.1) is 0 Å². The summed E-state index contributed by atoms with van der Waals surface area (Å²) in [5.41, 5.74) is 3.97. The molecule has 7 nitrogen and oxygen atoms in total. The van der Waals surface area contributed by atoms with Crippen LogP contribution in [0.5, 0.6) is 5.75 Å². The zero-order valence-corrected chi connectivity index (χ0v) is 19.5. The van der Waals surface area contributed by atoms with E-state index in [4.69, 9.17) is 9.15 Å². The molecule has 4 heterocycles. The Bertz CT molecular complexity index is 1440. The van der Waals surface area contributed by atoms with E-state index in [1.165, 1.54) is 0 Å². The highest BCUT2D eigenvalue weighted by molar-refractivity contribution is 5.87. The maximum Gasteiger partial charge on any atom is 0.339 e. The van der Waals surface area contributed by atoms with E-state index in [9.17, 15) is 14.4 Å². The van der Waals surface area contributed by atoms with Crippen molar-refractivity contribution in [3.63, 3.8) is 0 Å². The van der Waals surface area contributed by atoms with E-state index >= 15 is 0 Å². The molecule has 176 valence electrons. The summed E-state index contributed by atoms with van der Waals surface area (Å²) >= 11 is 0. The summed E-state index contributed by atoms with van der Waals surface area (Å²) in [5.74, 6) is 0.928. The normalized spacial score (nSPS) is 21.8. The van der Waals surface area contributed by atoms with Crippen molar-refractivity contribution in [2.45, 2.75) is 58.1 Å². The summed E-state index contributed by atoms with van der Waals surface area (Å²) in [6.45, 7) is 5.51. The number of carbonyl (C=O) groups excluding carboxylic acids is 1. The number of hydrogen-bond donors (Lipinski definition) is 0. The number of hydrogen-bond acceptors (Lipinski definition) is 5. The minimum atomic E-state index is -0.672. The monoisotopic (exact) mass is 460 g/mol. The maximum atomic E-state index is 13.4. The lowest BCUT2D eigenvalue weighted by atomic mass is 9.83. The molecule has 0 spiro atoms. The number of likely N-dealkylation sites (tertiary alicyclic amines) is 1. The third-order valence-corrected chi connectivity index (χ3v) is 7.78. The Morgan fingerprint density at radius 2 is 1.91 bits per heavy atom. The molecular weight excluding hydrogens is 432 g/mol. The standard InChI is InChI=1S/C27H28N2O5/c1-15-23(10-9-20-19-5-3-6-21(19)27(32)34-25(15)20)33-16(2)26(31)28-12-17-11-18(14-28)22-7-4-8-24(30)29(22)13-17/h4,7-10,16-18H,3,5-6,11-14H2,1-2H3/t16?,17-,18-/m1/s1. The van der Waals surface area contributed by atoms with E-state index in [1.807, 2.05) is 34.6 Å². The number of aromatic nitrogens is 1. The van der Waals surface area contributed by atoms with Crippen LogP contribution in [0.2, 0.25) is 0 Å². The summed E-state index contributed by atoms with van der Waals surface area (Å²) < 4.78 is 13.7.